The van der Waals surface area contributed by atoms with Gasteiger partial charge in [-0.25, -0.2) is 9.97 Å². The van der Waals surface area contributed by atoms with E-state index >= 15 is 0 Å². The summed E-state index contributed by atoms with van der Waals surface area (Å²) < 4.78 is 11.0. The topological polar surface area (TPSA) is 76.6 Å². The van der Waals surface area contributed by atoms with Crippen molar-refractivity contribution in [2.24, 2.45) is 0 Å². The average molecular weight is 354 g/mol. The number of amides is 1. The van der Waals surface area contributed by atoms with Crippen LogP contribution in [0.5, 0.6) is 11.5 Å². The molecule has 0 radical (unpaired) electrons. The summed E-state index contributed by atoms with van der Waals surface area (Å²) in [4.78, 5) is 23.7. The van der Waals surface area contributed by atoms with Gasteiger partial charge in [-0.3, -0.25) is 4.79 Å². The molecule has 26 heavy (non-hydrogen) atoms. The van der Waals surface area contributed by atoms with Crippen LogP contribution in [0, 0.1) is 6.92 Å². The van der Waals surface area contributed by atoms with E-state index in [9.17, 15) is 4.79 Å². The molecule has 0 aliphatic carbocycles. The summed E-state index contributed by atoms with van der Waals surface area (Å²) in [6.45, 7) is 4.84. The largest absolute Gasteiger partial charge is 0.486 e. The first kappa shape index (κ1) is 16.6. The van der Waals surface area contributed by atoms with E-state index in [0.717, 1.165) is 25.9 Å². The van der Waals surface area contributed by atoms with Gasteiger partial charge in [0, 0.05) is 31.0 Å². The Morgan fingerprint density at radius 3 is 2.65 bits per heavy atom. The zero-order valence-electron chi connectivity index (χ0n) is 14.8. The summed E-state index contributed by atoms with van der Waals surface area (Å²) in [5.41, 5.74) is 1.80. The van der Waals surface area contributed by atoms with Crippen molar-refractivity contribution in [2.45, 2.75) is 26.2 Å². The Labute approximate surface area is 152 Å². The van der Waals surface area contributed by atoms with Crippen LogP contribution in [0.4, 0.5) is 11.6 Å². The number of nitrogens with zero attached hydrogens (tertiary/aromatic N) is 3. The molecule has 1 N–H and O–H groups in total. The van der Waals surface area contributed by atoms with Gasteiger partial charge < -0.3 is 19.7 Å². The predicted octanol–water partition coefficient (Wildman–Crippen LogP) is 2.80. The summed E-state index contributed by atoms with van der Waals surface area (Å²) >= 11 is 0. The Bertz CT molecular complexity index is 818. The lowest BCUT2D eigenvalue weighted by Crippen LogP contribution is -2.31. The van der Waals surface area contributed by atoms with Crippen LogP contribution in [0.3, 0.4) is 0 Å². The van der Waals surface area contributed by atoms with Crippen molar-refractivity contribution in [3.63, 3.8) is 0 Å². The smallest absolute Gasteiger partial charge is 0.259 e. The van der Waals surface area contributed by atoms with Gasteiger partial charge in [-0.2, -0.15) is 0 Å². The summed E-state index contributed by atoms with van der Waals surface area (Å²) in [5.74, 6) is 1.81. The fourth-order valence-corrected chi connectivity index (χ4v) is 3.24. The lowest BCUT2D eigenvalue weighted by molar-refractivity contribution is 0.102. The molecule has 1 saturated heterocycles. The molecule has 0 saturated carbocycles. The van der Waals surface area contributed by atoms with Gasteiger partial charge >= 0.3 is 0 Å². The average Bonchev–Trinajstić information content (AvgIpc) is 2.68. The van der Waals surface area contributed by atoms with Crippen molar-refractivity contribution in [1.29, 1.82) is 0 Å². The lowest BCUT2D eigenvalue weighted by Gasteiger charge is -2.26. The number of fused-ring (bicyclic) bond motifs is 1. The normalized spacial score (nSPS) is 16.3. The number of carbonyl (C=O) groups is 1. The van der Waals surface area contributed by atoms with Gasteiger partial charge in [0.15, 0.2) is 11.5 Å². The first-order valence-corrected chi connectivity index (χ1v) is 9.00. The van der Waals surface area contributed by atoms with Gasteiger partial charge in [-0.15, -0.1) is 0 Å². The van der Waals surface area contributed by atoms with Gasteiger partial charge in [-0.1, -0.05) is 0 Å². The van der Waals surface area contributed by atoms with E-state index in [4.69, 9.17) is 9.47 Å². The van der Waals surface area contributed by atoms with E-state index in [1.807, 2.05) is 6.92 Å². The number of aryl methyl sites for hydroxylation is 1. The number of hydrogen-bond donors (Lipinski definition) is 1. The number of rotatable bonds is 3. The van der Waals surface area contributed by atoms with Crippen LogP contribution in [0.2, 0.25) is 0 Å². The standard InChI is InChI=1S/C19H22N4O3/c1-13-15(12-20-19(21-13)23-7-3-2-4-8-23)18(24)22-14-5-6-16-17(11-14)26-10-9-25-16/h5-6,11-12H,2-4,7-10H2,1H3,(H,22,24). The zero-order valence-corrected chi connectivity index (χ0v) is 14.8. The van der Waals surface area contributed by atoms with Crippen molar-refractivity contribution < 1.29 is 14.3 Å². The van der Waals surface area contributed by atoms with Crippen molar-refractivity contribution in [3.05, 3.63) is 35.7 Å². The van der Waals surface area contributed by atoms with Crippen molar-refractivity contribution in [1.82, 2.24) is 9.97 Å². The molecular weight excluding hydrogens is 332 g/mol. The lowest BCUT2D eigenvalue weighted by atomic mass is 10.1. The maximum atomic E-state index is 12.6. The second-order valence-corrected chi connectivity index (χ2v) is 6.53. The Balaban J connectivity index is 1.49. The first-order chi connectivity index (χ1) is 12.7. The maximum absolute atomic E-state index is 12.6. The third kappa shape index (κ3) is 3.42. The monoisotopic (exact) mass is 354 g/mol. The molecule has 0 unspecified atom stereocenters. The summed E-state index contributed by atoms with van der Waals surface area (Å²) in [5, 5.41) is 2.88. The van der Waals surface area contributed by atoms with Gasteiger partial charge in [0.1, 0.15) is 13.2 Å². The third-order valence-corrected chi connectivity index (χ3v) is 4.65. The fraction of sp³-hybridized carbons (Fsp3) is 0.421. The van der Waals surface area contributed by atoms with E-state index in [0.29, 0.717) is 47.6 Å². The number of hydrogen-bond acceptors (Lipinski definition) is 6. The van der Waals surface area contributed by atoms with E-state index < -0.39 is 0 Å². The predicted molar refractivity (Wildman–Crippen MR) is 98.2 cm³/mol. The molecular formula is C19H22N4O3. The molecule has 7 nitrogen and oxygen atoms in total. The van der Waals surface area contributed by atoms with Gasteiger partial charge in [-0.05, 0) is 38.3 Å². The summed E-state index contributed by atoms with van der Waals surface area (Å²) in [7, 11) is 0. The molecule has 2 aliphatic heterocycles. The highest BCUT2D eigenvalue weighted by atomic mass is 16.6. The molecule has 0 atom stereocenters. The molecule has 0 bridgehead atoms. The minimum atomic E-state index is -0.232. The number of nitrogens with one attached hydrogen (secondary N) is 1. The first-order valence-electron chi connectivity index (χ1n) is 9.00. The van der Waals surface area contributed by atoms with E-state index in [-0.39, 0.29) is 5.91 Å². The van der Waals surface area contributed by atoms with Crippen LogP contribution in [-0.4, -0.2) is 42.2 Å². The molecule has 136 valence electrons. The zero-order chi connectivity index (χ0) is 17.9. The van der Waals surface area contributed by atoms with Gasteiger partial charge in [0.05, 0.1) is 11.3 Å². The van der Waals surface area contributed by atoms with Crippen molar-refractivity contribution in [2.75, 3.05) is 36.5 Å². The number of benzene rings is 1. The molecule has 1 amide bonds. The van der Waals surface area contributed by atoms with Crippen LogP contribution in [0.1, 0.15) is 35.3 Å². The van der Waals surface area contributed by atoms with Crippen molar-refractivity contribution in [3.8, 4) is 11.5 Å². The number of carbonyl (C=O) groups excluding carboxylic acids is 1. The molecule has 7 heteroatoms. The second kappa shape index (κ2) is 7.19. The highest BCUT2D eigenvalue weighted by molar-refractivity contribution is 6.05. The number of piperidine rings is 1. The third-order valence-electron chi connectivity index (χ3n) is 4.65. The van der Waals surface area contributed by atoms with Gasteiger partial charge in [0.25, 0.3) is 5.91 Å². The van der Waals surface area contributed by atoms with Crippen molar-refractivity contribution >= 4 is 17.5 Å². The molecule has 3 heterocycles. The van der Waals surface area contributed by atoms with E-state index in [1.54, 1.807) is 24.4 Å². The number of ether oxygens (including phenoxy) is 2. The van der Waals surface area contributed by atoms with Crippen LogP contribution in [0.25, 0.3) is 0 Å². The number of aromatic nitrogens is 2. The molecule has 0 spiro atoms. The van der Waals surface area contributed by atoms with E-state index in [1.165, 1.54) is 6.42 Å². The fourth-order valence-electron chi connectivity index (χ4n) is 3.24. The Morgan fingerprint density at radius 2 is 1.88 bits per heavy atom. The highest BCUT2D eigenvalue weighted by Gasteiger charge is 2.18. The molecule has 2 aromatic rings. The molecule has 1 fully saturated rings. The molecule has 1 aromatic heterocycles. The van der Waals surface area contributed by atoms with Crippen LogP contribution < -0.4 is 19.7 Å². The summed E-state index contributed by atoms with van der Waals surface area (Å²) in [6, 6.07) is 5.36. The number of anilines is 2. The molecule has 1 aromatic carbocycles. The summed E-state index contributed by atoms with van der Waals surface area (Å²) in [6.07, 6.45) is 5.19. The highest BCUT2D eigenvalue weighted by Crippen LogP contribution is 2.32. The van der Waals surface area contributed by atoms with Crippen LogP contribution >= 0.6 is 0 Å². The van der Waals surface area contributed by atoms with Crippen LogP contribution in [-0.2, 0) is 0 Å². The SMILES string of the molecule is Cc1nc(N2CCCCC2)ncc1C(=O)Nc1ccc2c(c1)OCCO2. The Hall–Kier alpha value is -2.83. The minimum absolute atomic E-state index is 0.232. The molecule has 2 aliphatic rings. The molecule has 4 rings (SSSR count). The quantitative estimate of drug-likeness (QED) is 0.913. The van der Waals surface area contributed by atoms with Crippen LogP contribution in [0.15, 0.2) is 24.4 Å². The maximum Gasteiger partial charge on any atom is 0.259 e. The second-order valence-electron chi connectivity index (χ2n) is 6.53. The Kier molecular flexibility index (Phi) is 4.60. The Morgan fingerprint density at radius 1 is 1.12 bits per heavy atom. The minimum Gasteiger partial charge on any atom is -0.486 e. The van der Waals surface area contributed by atoms with Gasteiger partial charge in [0.2, 0.25) is 5.95 Å². The van der Waals surface area contributed by atoms with E-state index in [2.05, 4.69) is 20.2 Å².